The lowest BCUT2D eigenvalue weighted by atomic mass is 9.90. The van der Waals surface area contributed by atoms with E-state index in [4.69, 9.17) is 11.6 Å². The molecule has 0 bridgehead atoms. The average molecular weight is 269 g/mol. The molecule has 1 heterocycles. The van der Waals surface area contributed by atoms with E-state index in [2.05, 4.69) is 38.0 Å². The van der Waals surface area contributed by atoms with E-state index in [1.807, 2.05) is 12.3 Å². The highest BCUT2D eigenvalue weighted by Gasteiger charge is 2.14. The molecule has 1 N–H and O–H groups in total. The highest BCUT2D eigenvalue weighted by Crippen LogP contribution is 2.21. The molecular formula is C15H25ClN2. The van der Waals surface area contributed by atoms with Crippen LogP contribution in [0.15, 0.2) is 18.5 Å². The van der Waals surface area contributed by atoms with Crippen LogP contribution in [0.1, 0.15) is 33.3 Å². The number of hydrogen-bond donors (Lipinski definition) is 1. The minimum absolute atomic E-state index is 0.615. The van der Waals surface area contributed by atoms with Crippen LogP contribution in [0.3, 0.4) is 0 Å². The van der Waals surface area contributed by atoms with Crippen molar-refractivity contribution in [1.82, 2.24) is 10.3 Å². The quantitative estimate of drug-likeness (QED) is 0.814. The number of rotatable bonds is 7. The Hall–Kier alpha value is -0.600. The number of pyridine rings is 1. The number of halogens is 1. The maximum atomic E-state index is 6.14. The van der Waals surface area contributed by atoms with Gasteiger partial charge in [0.05, 0.1) is 5.02 Å². The van der Waals surface area contributed by atoms with Gasteiger partial charge in [0.2, 0.25) is 0 Å². The molecule has 0 aliphatic rings. The number of nitrogens with zero attached hydrogens (tertiary/aromatic N) is 1. The molecule has 0 radical (unpaired) electrons. The van der Waals surface area contributed by atoms with E-state index in [0.717, 1.165) is 24.5 Å². The Balaban J connectivity index is 2.40. The summed E-state index contributed by atoms with van der Waals surface area (Å²) >= 11 is 6.14. The van der Waals surface area contributed by atoms with Crippen LogP contribution in [-0.2, 0) is 6.42 Å². The Bertz CT molecular complexity index is 352. The molecule has 0 saturated heterocycles. The van der Waals surface area contributed by atoms with Crippen LogP contribution >= 0.6 is 11.6 Å². The summed E-state index contributed by atoms with van der Waals surface area (Å²) in [5.41, 5.74) is 1.20. The normalized spacial score (nSPS) is 14.8. The Labute approximate surface area is 116 Å². The fraction of sp³-hybridized carbons (Fsp3) is 0.667. The lowest BCUT2D eigenvalue weighted by Crippen LogP contribution is -2.28. The Kier molecular flexibility index (Phi) is 6.66. The van der Waals surface area contributed by atoms with Crippen molar-refractivity contribution in [2.24, 2.45) is 17.8 Å². The van der Waals surface area contributed by atoms with Crippen molar-refractivity contribution in [3.63, 3.8) is 0 Å². The Morgan fingerprint density at radius 2 is 1.89 bits per heavy atom. The minimum atomic E-state index is 0.615. The molecule has 3 heteroatoms. The van der Waals surface area contributed by atoms with Crippen molar-refractivity contribution in [1.29, 1.82) is 0 Å². The van der Waals surface area contributed by atoms with E-state index >= 15 is 0 Å². The predicted octanol–water partition coefficient (Wildman–Crippen LogP) is 3.80. The van der Waals surface area contributed by atoms with Gasteiger partial charge in [-0.1, -0.05) is 39.3 Å². The van der Waals surface area contributed by atoms with Crippen molar-refractivity contribution in [2.45, 2.75) is 34.1 Å². The van der Waals surface area contributed by atoms with Crippen LogP contribution in [0.25, 0.3) is 0 Å². The first-order chi connectivity index (χ1) is 8.50. The second kappa shape index (κ2) is 7.75. The summed E-state index contributed by atoms with van der Waals surface area (Å²) < 4.78 is 0. The van der Waals surface area contributed by atoms with Gasteiger partial charge < -0.3 is 5.32 Å². The predicted molar refractivity (Wildman–Crippen MR) is 79.0 cm³/mol. The topological polar surface area (TPSA) is 24.9 Å². The van der Waals surface area contributed by atoms with Gasteiger partial charge in [-0.15, -0.1) is 0 Å². The van der Waals surface area contributed by atoms with E-state index in [9.17, 15) is 0 Å². The third-order valence-electron chi connectivity index (χ3n) is 3.39. The van der Waals surface area contributed by atoms with Crippen molar-refractivity contribution in [3.8, 4) is 0 Å². The summed E-state index contributed by atoms with van der Waals surface area (Å²) in [5.74, 6) is 1.97. The van der Waals surface area contributed by atoms with Gasteiger partial charge in [-0.05, 0) is 48.9 Å². The molecule has 2 unspecified atom stereocenters. The van der Waals surface area contributed by atoms with Crippen molar-refractivity contribution >= 4 is 11.6 Å². The minimum Gasteiger partial charge on any atom is -0.316 e. The monoisotopic (exact) mass is 268 g/mol. The fourth-order valence-electron chi connectivity index (χ4n) is 1.92. The van der Waals surface area contributed by atoms with Gasteiger partial charge in [0.25, 0.3) is 0 Å². The smallest absolute Gasteiger partial charge is 0.0621 e. The standard InChI is InChI=1S/C15H25ClN2/c1-11(2)8-18-9-13(4)12(3)7-14-5-6-17-10-15(14)16/h5-6,10-13,18H,7-9H2,1-4H3. The summed E-state index contributed by atoms with van der Waals surface area (Å²) in [6.07, 6.45) is 4.56. The molecule has 0 saturated carbocycles. The molecule has 1 aromatic rings. The van der Waals surface area contributed by atoms with Crippen LogP contribution in [0.2, 0.25) is 5.02 Å². The number of nitrogens with one attached hydrogen (secondary N) is 1. The van der Waals surface area contributed by atoms with Gasteiger partial charge in [-0.25, -0.2) is 0 Å². The summed E-state index contributed by atoms with van der Waals surface area (Å²) in [5, 5.41) is 4.30. The first kappa shape index (κ1) is 15.5. The van der Waals surface area contributed by atoms with Gasteiger partial charge in [-0.3, -0.25) is 4.98 Å². The first-order valence-electron chi connectivity index (χ1n) is 6.79. The SMILES string of the molecule is CC(C)CNCC(C)C(C)Cc1ccncc1Cl. The molecule has 0 amide bonds. The van der Waals surface area contributed by atoms with Crippen LogP contribution in [-0.4, -0.2) is 18.1 Å². The molecule has 18 heavy (non-hydrogen) atoms. The van der Waals surface area contributed by atoms with Crippen molar-refractivity contribution in [3.05, 3.63) is 29.0 Å². The molecule has 1 rings (SSSR count). The molecule has 0 aliphatic heterocycles. The van der Waals surface area contributed by atoms with Crippen molar-refractivity contribution in [2.75, 3.05) is 13.1 Å². The van der Waals surface area contributed by atoms with Gasteiger partial charge in [-0.2, -0.15) is 0 Å². The lowest BCUT2D eigenvalue weighted by Gasteiger charge is -2.21. The third kappa shape index (κ3) is 5.36. The fourth-order valence-corrected chi connectivity index (χ4v) is 2.11. The maximum Gasteiger partial charge on any atom is 0.0621 e. The molecule has 0 fully saturated rings. The first-order valence-corrected chi connectivity index (χ1v) is 7.17. The van der Waals surface area contributed by atoms with Crippen LogP contribution in [0.4, 0.5) is 0 Å². The highest BCUT2D eigenvalue weighted by atomic mass is 35.5. The van der Waals surface area contributed by atoms with E-state index in [1.54, 1.807) is 6.20 Å². The summed E-state index contributed by atoms with van der Waals surface area (Å²) in [6, 6.07) is 2.02. The summed E-state index contributed by atoms with van der Waals surface area (Å²) in [4.78, 5) is 4.02. The average Bonchev–Trinajstić information content (AvgIpc) is 2.31. The molecular weight excluding hydrogens is 244 g/mol. The zero-order valence-electron chi connectivity index (χ0n) is 11.9. The molecule has 0 aliphatic carbocycles. The van der Waals surface area contributed by atoms with Crippen LogP contribution in [0, 0.1) is 17.8 Å². The lowest BCUT2D eigenvalue weighted by molar-refractivity contribution is 0.357. The largest absolute Gasteiger partial charge is 0.316 e. The molecule has 1 aromatic heterocycles. The van der Waals surface area contributed by atoms with Crippen molar-refractivity contribution < 1.29 is 0 Å². The van der Waals surface area contributed by atoms with E-state index in [0.29, 0.717) is 17.8 Å². The molecule has 2 nitrogen and oxygen atoms in total. The maximum absolute atomic E-state index is 6.14. The van der Waals surface area contributed by atoms with E-state index < -0.39 is 0 Å². The molecule has 0 aromatic carbocycles. The molecule has 102 valence electrons. The van der Waals surface area contributed by atoms with Gasteiger partial charge in [0, 0.05) is 12.4 Å². The Morgan fingerprint density at radius 3 is 2.50 bits per heavy atom. The Morgan fingerprint density at radius 1 is 1.17 bits per heavy atom. The van der Waals surface area contributed by atoms with Gasteiger partial charge in [0.15, 0.2) is 0 Å². The van der Waals surface area contributed by atoms with Gasteiger partial charge in [0.1, 0.15) is 0 Å². The van der Waals surface area contributed by atoms with E-state index in [1.165, 1.54) is 5.56 Å². The number of hydrogen-bond acceptors (Lipinski definition) is 2. The third-order valence-corrected chi connectivity index (χ3v) is 3.73. The van der Waals surface area contributed by atoms with Crippen LogP contribution < -0.4 is 5.32 Å². The number of aromatic nitrogens is 1. The zero-order chi connectivity index (χ0) is 13.5. The summed E-state index contributed by atoms with van der Waals surface area (Å²) in [6.45, 7) is 11.2. The zero-order valence-corrected chi connectivity index (χ0v) is 12.7. The van der Waals surface area contributed by atoms with E-state index in [-0.39, 0.29) is 0 Å². The molecule has 2 atom stereocenters. The molecule has 0 spiro atoms. The second-order valence-electron chi connectivity index (χ2n) is 5.68. The van der Waals surface area contributed by atoms with Gasteiger partial charge >= 0.3 is 0 Å². The highest BCUT2D eigenvalue weighted by molar-refractivity contribution is 6.31. The summed E-state index contributed by atoms with van der Waals surface area (Å²) in [7, 11) is 0. The second-order valence-corrected chi connectivity index (χ2v) is 6.09. The van der Waals surface area contributed by atoms with Crippen LogP contribution in [0.5, 0.6) is 0 Å².